The number of nitrogen functional groups attached to an aromatic ring is 1. The van der Waals surface area contributed by atoms with Crippen molar-refractivity contribution in [1.29, 1.82) is 5.26 Å². The first-order valence-electron chi connectivity index (χ1n) is 9.87. The maximum Gasteiger partial charge on any atom is 0.416 e. The molecule has 0 unspecified atom stereocenters. The van der Waals surface area contributed by atoms with Crippen LogP contribution in [0.5, 0.6) is 5.88 Å². The number of nitriles is 1. The van der Waals surface area contributed by atoms with E-state index < -0.39 is 23.7 Å². The van der Waals surface area contributed by atoms with Crippen LogP contribution in [0.15, 0.2) is 24.3 Å². The topological polar surface area (TPSA) is 138 Å². The fraction of sp³-hybridized carbons (Fsp3) is 0.429. The van der Waals surface area contributed by atoms with Crippen LogP contribution in [0.4, 0.5) is 30.6 Å². The molecule has 10 nitrogen and oxygen atoms in total. The molecule has 2 aromatic rings. The first kappa shape index (κ1) is 26.6. The van der Waals surface area contributed by atoms with Crippen LogP contribution in [0, 0.1) is 11.3 Å². The number of nitrogens with zero attached hydrogens (tertiary/aromatic N) is 4. The molecule has 1 aromatic carbocycles. The molecule has 0 saturated carbocycles. The monoisotopic (exact) mass is 481 g/mol. The maximum absolute atomic E-state index is 13.1. The molecule has 13 heteroatoms. The summed E-state index contributed by atoms with van der Waals surface area (Å²) in [6.45, 7) is 2.22. The number of nitrogens with two attached hydrogens (primary N) is 1. The van der Waals surface area contributed by atoms with Gasteiger partial charge in [-0.2, -0.15) is 28.4 Å². The Labute approximate surface area is 194 Å². The number of rotatable bonds is 7. The lowest BCUT2D eigenvalue weighted by Gasteiger charge is -2.30. The number of carbonyl (C=O) groups excluding carboxylic acids is 1. The molecule has 3 rings (SSSR count). The molecule has 0 aliphatic carbocycles. The van der Waals surface area contributed by atoms with E-state index in [1.165, 1.54) is 19.2 Å². The second-order valence-electron chi connectivity index (χ2n) is 7.10. The number of methoxy groups -OCH3 is 1. The van der Waals surface area contributed by atoms with Crippen molar-refractivity contribution in [3.05, 3.63) is 35.4 Å². The average molecular weight is 481 g/mol. The van der Waals surface area contributed by atoms with Gasteiger partial charge in [0, 0.05) is 25.3 Å². The Hall–Kier alpha value is -3.63. The van der Waals surface area contributed by atoms with Gasteiger partial charge in [-0.25, -0.2) is 0 Å². The number of hydrogen-bond acceptors (Lipinski definition) is 9. The fourth-order valence-electron chi connectivity index (χ4n) is 3.21. The van der Waals surface area contributed by atoms with Crippen molar-refractivity contribution in [2.24, 2.45) is 0 Å². The lowest BCUT2D eigenvalue weighted by molar-refractivity contribution is -0.137. The summed E-state index contributed by atoms with van der Waals surface area (Å²) in [5.41, 5.74) is 4.71. The summed E-state index contributed by atoms with van der Waals surface area (Å²) >= 11 is 0. The number of amides is 1. The third kappa shape index (κ3) is 6.69. The van der Waals surface area contributed by atoms with Gasteiger partial charge in [-0.3, -0.25) is 9.69 Å². The van der Waals surface area contributed by atoms with Crippen LogP contribution in [0.3, 0.4) is 0 Å². The highest BCUT2D eigenvalue weighted by Gasteiger charge is 2.31. The van der Waals surface area contributed by atoms with E-state index in [4.69, 9.17) is 15.2 Å². The summed E-state index contributed by atoms with van der Waals surface area (Å²) in [4.78, 5) is 22.9. The fourth-order valence-corrected chi connectivity index (χ4v) is 3.21. The predicted octanol–water partition coefficient (Wildman–Crippen LogP) is 2.35. The van der Waals surface area contributed by atoms with Crippen LogP contribution < -0.4 is 21.1 Å². The van der Waals surface area contributed by atoms with Crippen LogP contribution in [0.25, 0.3) is 0 Å². The van der Waals surface area contributed by atoms with Gasteiger partial charge in [0.2, 0.25) is 17.7 Å². The van der Waals surface area contributed by atoms with Crippen molar-refractivity contribution in [3.63, 3.8) is 0 Å². The minimum Gasteiger partial charge on any atom is -0.480 e. The highest BCUT2D eigenvalue weighted by molar-refractivity contribution is 5.97. The summed E-state index contributed by atoms with van der Waals surface area (Å²) in [7, 11) is 1.30. The molecular weight excluding hydrogens is 455 g/mol. The Kier molecular flexibility index (Phi) is 8.99. The number of benzene rings is 1. The standard InChI is InChI=1S/C20H22F3N7O3.CH4/c1-32-18-14(10-24)16(28-19(25)29-18)27-15(11-30-5-7-33-8-6-30)17(31)26-13-4-2-3-12(9-13)20(21,22)23;/h2-4,9,15H,5-8,11H2,1H3,(H,26,31)(H3,25,27,28,29);1H4/t15-;/m0./s1. The van der Waals surface area contributed by atoms with Crippen LogP contribution in [-0.4, -0.2) is 66.8 Å². The van der Waals surface area contributed by atoms with E-state index in [2.05, 4.69) is 20.6 Å². The number of aromatic nitrogens is 2. The lowest BCUT2D eigenvalue weighted by atomic mass is 10.1. The van der Waals surface area contributed by atoms with E-state index in [0.29, 0.717) is 26.3 Å². The molecule has 1 fully saturated rings. The molecule has 0 radical (unpaired) electrons. The lowest BCUT2D eigenvalue weighted by Crippen LogP contribution is -2.48. The van der Waals surface area contributed by atoms with Crippen molar-refractivity contribution in [1.82, 2.24) is 14.9 Å². The zero-order valence-corrected chi connectivity index (χ0v) is 17.6. The number of hydrogen-bond donors (Lipinski definition) is 3. The highest BCUT2D eigenvalue weighted by Crippen LogP contribution is 2.31. The van der Waals surface area contributed by atoms with Crippen LogP contribution >= 0.6 is 0 Å². The summed E-state index contributed by atoms with van der Waals surface area (Å²) in [5, 5.41) is 14.9. The number of morpholine rings is 1. The van der Waals surface area contributed by atoms with Crippen molar-refractivity contribution >= 4 is 23.4 Å². The molecule has 1 aliphatic rings. The van der Waals surface area contributed by atoms with Crippen molar-refractivity contribution in [3.8, 4) is 11.9 Å². The number of halogens is 3. The maximum atomic E-state index is 13.1. The van der Waals surface area contributed by atoms with E-state index in [1.54, 1.807) is 0 Å². The van der Waals surface area contributed by atoms with Gasteiger partial charge in [0.1, 0.15) is 12.1 Å². The molecule has 1 atom stereocenters. The first-order valence-corrected chi connectivity index (χ1v) is 9.87. The van der Waals surface area contributed by atoms with E-state index in [0.717, 1.165) is 12.1 Å². The quantitative estimate of drug-likeness (QED) is 0.544. The number of alkyl halides is 3. The predicted molar refractivity (Wildman–Crippen MR) is 119 cm³/mol. The number of nitrogens with one attached hydrogen (secondary N) is 2. The van der Waals surface area contributed by atoms with E-state index >= 15 is 0 Å². The zero-order valence-electron chi connectivity index (χ0n) is 17.6. The van der Waals surface area contributed by atoms with Gasteiger partial charge >= 0.3 is 6.18 Å². The molecule has 4 N–H and O–H groups in total. The molecule has 2 heterocycles. The van der Waals surface area contributed by atoms with Gasteiger partial charge in [-0.1, -0.05) is 13.5 Å². The minimum absolute atomic E-state index is 0. The molecule has 1 aromatic heterocycles. The molecular formula is C21H26F3N7O3. The zero-order chi connectivity index (χ0) is 24.0. The Morgan fingerprint density at radius 1 is 1.35 bits per heavy atom. The molecule has 0 spiro atoms. The van der Waals surface area contributed by atoms with Gasteiger partial charge in [-0.15, -0.1) is 0 Å². The molecule has 1 amide bonds. The van der Waals surface area contributed by atoms with Crippen LogP contribution in [0.2, 0.25) is 0 Å². The SMILES string of the molecule is C.COc1nc(N)nc(N[C@@H](CN2CCOCC2)C(=O)Nc2cccc(C(F)(F)F)c2)c1C#N. The molecule has 0 bridgehead atoms. The second-order valence-corrected chi connectivity index (χ2v) is 7.10. The third-order valence-electron chi connectivity index (χ3n) is 4.83. The van der Waals surface area contributed by atoms with Gasteiger partial charge in [-0.05, 0) is 18.2 Å². The Balaban J connectivity index is 0.00000408. The minimum atomic E-state index is -4.55. The molecule has 184 valence electrons. The Bertz CT molecular complexity index is 1040. The van der Waals surface area contributed by atoms with Crippen LogP contribution in [0.1, 0.15) is 18.6 Å². The third-order valence-corrected chi connectivity index (χ3v) is 4.83. The molecule has 34 heavy (non-hydrogen) atoms. The summed E-state index contributed by atoms with van der Waals surface area (Å²) in [6.07, 6.45) is -4.55. The number of carbonyl (C=O) groups is 1. The highest BCUT2D eigenvalue weighted by atomic mass is 19.4. The summed E-state index contributed by atoms with van der Waals surface area (Å²) < 4.78 is 49.5. The number of ether oxygens (including phenoxy) is 2. The van der Waals surface area contributed by atoms with Gasteiger partial charge < -0.3 is 25.8 Å². The van der Waals surface area contributed by atoms with Gasteiger partial charge in [0.25, 0.3) is 0 Å². The smallest absolute Gasteiger partial charge is 0.416 e. The van der Waals surface area contributed by atoms with Crippen molar-refractivity contribution < 1.29 is 27.4 Å². The summed E-state index contributed by atoms with van der Waals surface area (Å²) in [6, 6.07) is 5.22. The normalized spacial score (nSPS) is 14.9. The molecule has 1 aliphatic heterocycles. The number of anilines is 3. The van der Waals surface area contributed by atoms with Crippen molar-refractivity contribution in [2.45, 2.75) is 19.6 Å². The molecule has 1 saturated heterocycles. The van der Waals surface area contributed by atoms with Crippen molar-refractivity contribution in [2.75, 3.05) is 56.3 Å². The van der Waals surface area contributed by atoms with Crippen LogP contribution in [-0.2, 0) is 15.7 Å². The first-order chi connectivity index (χ1) is 15.7. The van der Waals surface area contributed by atoms with E-state index in [9.17, 15) is 23.2 Å². The Morgan fingerprint density at radius 2 is 2.06 bits per heavy atom. The van der Waals surface area contributed by atoms with E-state index in [1.807, 2.05) is 11.0 Å². The van der Waals surface area contributed by atoms with Gasteiger partial charge in [0.05, 0.1) is 25.9 Å². The summed E-state index contributed by atoms with van der Waals surface area (Å²) in [5.74, 6) is -0.909. The van der Waals surface area contributed by atoms with E-state index in [-0.39, 0.29) is 42.9 Å². The van der Waals surface area contributed by atoms with Gasteiger partial charge in [0.15, 0.2) is 11.4 Å². The largest absolute Gasteiger partial charge is 0.480 e. The average Bonchev–Trinajstić information content (AvgIpc) is 2.78. The Morgan fingerprint density at radius 3 is 2.68 bits per heavy atom. The second kappa shape index (κ2) is 11.5.